The first-order valence-corrected chi connectivity index (χ1v) is 17.1. The van der Waals surface area contributed by atoms with Gasteiger partial charge < -0.3 is 24.8 Å². The zero-order chi connectivity index (χ0) is 36.7. The van der Waals surface area contributed by atoms with Crippen LogP contribution >= 0.6 is 11.6 Å². The van der Waals surface area contributed by atoms with Crippen LogP contribution in [0.5, 0.6) is 11.5 Å². The molecule has 0 saturated heterocycles. The van der Waals surface area contributed by atoms with Crippen LogP contribution in [0.4, 0.5) is 19.3 Å². The van der Waals surface area contributed by atoms with Gasteiger partial charge in [-0.05, 0) is 62.2 Å². The fourth-order valence-electron chi connectivity index (χ4n) is 4.71. The van der Waals surface area contributed by atoms with Crippen LogP contribution in [0.3, 0.4) is 0 Å². The van der Waals surface area contributed by atoms with Gasteiger partial charge in [0.1, 0.15) is 16.4 Å². The number of anilines is 1. The van der Waals surface area contributed by atoms with Crippen LogP contribution in [-0.4, -0.2) is 62.5 Å². The summed E-state index contributed by atoms with van der Waals surface area (Å²) in [6, 6.07) is 15.8. The normalized spacial score (nSPS) is 11.9. The number of alkyl halides is 2. The molecule has 50 heavy (non-hydrogen) atoms. The SMILES string of the molecule is COc1ccc(CNS(=O)(=O)c2cc(NC(=O)Cc3ccccc3Cl)ccc2-n2cc(CC(F)(F)COC(=O)NC(C)(C)C)cn2)c(OC)c1. The van der Waals surface area contributed by atoms with E-state index in [0.717, 1.165) is 10.9 Å². The van der Waals surface area contributed by atoms with E-state index >= 15 is 0 Å². The molecule has 0 aliphatic rings. The van der Waals surface area contributed by atoms with Gasteiger partial charge in [0.05, 0.1) is 32.5 Å². The molecule has 2 amide bonds. The second-order valence-electron chi connectivity index (χ2n) is 12.3. The predicted molar refractivity (Wildman–Crippen MR) is 184 cm³/mol. The Balaban J connectivity index is 1.61. The second kappa shape index (κ2) is 15.9. The Morgan fingerprint density at radius 1 is 0.980 bits per heavy atom. The molecular formula is C34H38ClF2N5O7S. The summed E-state index contributed by atoms with van der Waals surface area (Å²) in [4.78, 5) is 24.5. The lowest BCUT2D eigenvalue weighted by Crippen LogP contribution is -2.42. The van der Waals surface area contributed by atoms with Crippen LogP contribution in [0.1, 0.15) is 37.5 Å². The van der Waals surface area contributed by atoms with E-state index in [4.69, 9.17) is 25.8 Å². The van der Waals surface area contributed by atoms with Crippen molar-refractivity contribution in [3.8, 4) is 17.2 Å². The van der Waals surface area contributed by atoms with Crippen molar-refractivity contribution >= 4 is 39.3 Å². The number of alkyl carbamates (subject to hydrolysis) is 1. The van der Waals surface area contributed by atoms with Crippen molar-refractivity contribution in [2.75, 3.05) is 26.1 Å². The summed E-state index contributed by atoms with van der Waals surface area (Å²) < 4.78 is 76.3. The van der Waals surface area contributed by atoms with Crippen molar-refractivity contribution in [3.63, 3.8) is 0 Å². The molecule has 0 radical (unpaired) electrons. The van der Waals surface area contributed by atoms with Crippen LogP contribution in [-0.2, 0) is 38.9 Å². The highest BCUT2D eigenvalue weighted by atomic mass is 35.5. The van der Waals surface area contributed by atoms with Crippen molar-refractivity contribution in [3.05, 3.63) is 94.8 Å². The van der Waals surface area contributed by atoms with E-state index in [1.807, 2.05) is 0 Å². The maximum Gasteiger partial charge on any atom is 0.407 e. The molecule has 12 nitrogen and oxygen atoms in total. The molecule has 1 heterocycles. The lowest BCUT2D eigenvalue weighted by Gasteiger charge is -2.21. The summed E-state index contributed by atoms with van der Waals surface area (Å²) in [5.41, 5.74) is 0.620. The molecule has 0 spiro atoms. The summed E-state index contributed by atoms with van der Waals surface area (Å²) in [7, 11) is -1.42. The Kier molecular flexibility index (Phi) is 12.1. The number of methoxy groups -OCH3 is 2. The van der Waals surface area contributed by atoms with Gasteiger partial charge in [0, 0.05) is 47.0 Å². The Morgan fingerprint density at radius 3 is 2.40 bits per heavy atom. The molecule has 4 aromatic rings. The van der Waals surface area contributed by atoms with E-state index in [1.165, 1.54) is 38.6 Å². The molecule has 0 atom stereocenters. The van der Waals surface area contributed by atoms with Gasteiger partial charge in [-0.15, -0.1) is 0 Å². The summed E-state index contributed by atoms with van der Waals surface area (Å²) in [5, 5.41) is 9.68. The summed E-state index contributed by atoms with van der Waals surface area (Å²) in [5.74, 6) is -3.01. The fourth-order valence-corrected chi connectivity index (χ4v) is 6.13. The first-order chi connectivity index (χ1) is 23.5. The fraction of sp³-hybridized carbons (Fsp3) is 0.324. The van der Waals surface area contributed by atoms with Crippen molar-refractivity contribution in [2.24, 2.45) is 0 Å². The van der Waals surface area contributed by atoms with Crippen LogP contribution in [0, 0.1) is 0 Å². The minimum Gasteiger partial charge on any atom is -0.497 e. The van der Waals surface area contributed by atoms with Crippen LogP contribution in [0.15, 0.2) is 78.0 Å². The van der Waals surface area contributed by atoms with Crippen molar-refractivity contribution in [1.29, 1.82) is 0 Å². The van der Waals surface area contributed by atoms with E-state index in [-0.39, 0.29) is 34.8 Å². The molecule has 16 heteroatoms. The molecule has 0 saturated carbocycles. The van der Waals surface area contributed by atoms with Gasteiger partial charge in [0.2, 0.25) is 15.9 Å². The number of carbonyl (C=O) groups excluding carboxylic acids is 2. The average Bonchev–Trinajstić information content (AvgIpc) is 3.50. The first-order valence-electron chi connectivity index (χ1n) is 15.2. The number of aromatic nitrogens is 2. The number of hydrogen-bond acceptors (Lipinski definition) is 8. The van der Waals surface area contributed by atoms with Crippen LogP contribution in [0.25, 0.3) is 5.69 Å². The number of benzene rings is 3. The highest BCUT2D eigenvalue weighted by molar-refractivity contribution is 7.89. The summed E-state index contributed by atoms with van der Waals surface area (Å²) in [6.45, 7) is 3.68. The van der Waals surface area contributed by atoms with Gasteiger partial charge >= 0.3 is 6.09 Å². The van der Waals surface area contributed by atoms with Crippen LogP contribution in [0.2, 0.25) is 5.02 Å². The lowest BCUT2D eigenvalue weighted by atomic mass is 10.1. The van der Waals surface area contributed by atoms with Crippen molar-refractivity contribution < 1.29 is 41.0 Å². The van der Waals surface area contributed by atoms with Gasteiger partial charge in [-0.25, -0.2) is 31.4 Å². The molecule has 4 rings (SSSR count). The standard InChI is InChI=1S/C34H38ClF2N5O7S/c1-33(2,3)41-32(44)49-21-34(36,37)17-22-18-38-42(20-22)28-13-11-25(40-31(43)14-23-8-6-7-9-27(23)35)15-30(28)50(45,46)39-19-24-10-12-26(47-4)16-29(24)48-5/h6-13,15-16,18,20,39H,14,17,19,21H2,1-5H3,(H,40,43)(H,41,44). The number of ether oxygens (including phenoxy) is 3. The van der Waals surface area contributed by atoms with Gasteiger partial charge in [-0.1, -0.05) is 35.9 Å². The smallest absolute Gasteiger partial charge is 0.407 e. The molecule has 268 valence electrons. The molecule has 0 unspecified atom stereocenters. The van der Waals surface area contributed by atoms with Crippen molar-refractivity contribution in [2.45, 2.75) is 56.5 Å². The largest absolute Gasteiger partial charge is 0.497 e. The zero-order valence-electron chi connectivity index (χ0n) is 28.1. The number of sulfonamides is 1. The Labute approximate surface area is 294 Å². The summed E-state index contributed by atoms with van der Waals surface area (Å²) in [6.07, 6.45) is 0.510. The monoisotopic (exact) mass is 733 g/mol. The number of amides is 2. The predicted octanol–water partition coefficient (Wildman–Crippen LogP) is 5.91. The number of carbonyl (C=O) groups is 2. The average molecular weight is 734 g/mol. The van der Waals surface area contributed by atoms with Gasteiger partial charge in [0.15, 0.2) is 6.61 Å². The molecule has 0 aliphatic carbocycles. The van der Waals surface area contributed by atoms with E-state index in [9.17, 15) is 26.8 Å². The van der Waals surface area contributed by atoms with E-state index in [0.29, 0.717) is 27.6 Å². The third kappa shape index (κ3) is 10.6. The minimum absolute atomic E-state index is 0.0127. The number of nitrogens with zero attached hydrogens (tertiary/aromatic N) is 2. The first kappa shape index (κ1) is 38.1. The maximum atomic E-state index is 14.8. The zero-order valence-corrected chi connectivity index (χ0v) is 29.6. The quantitative estimate of drug-likeness (QED) is 0.145. The molecule has 0 bridgehead atoms. The highest BCUT2D eigenvalue weighted by Gasteiger charge is 2.33. The minimum atomic E-state index is -4.34. The van der Waals surface area contributed by atoms with E-state index < -0.39 is 46.5 Å². The van der Waals surface area contributed by atoms with Crippen LogP contribution < -0.4 is 24.8 Å². The number of halogens is 3. The molecular weight excluding hydrogens is 696 g/mol. The van der Waals surface area contributed by atoms with Gasteiger partial charge in [0.25, 0.3) is 5.92 Å². The molecule has 0 fully saturated rings. The van der Waals surface area contributed by atoms with Crippen molar-refractivity contribution in [1.82, 2.24) is 19.8 Å². The molecule has 0 aliphatic heterocycles. The van der Waals surface area contributed by atoms with E-state index in [1.54, 1.807) is 63.2 Å². The molecule has 3 N–H and O–H groups in total. The molecule has 3 aromatic carbocycles. The Hall–Kier alpha value is -4.73. The highest BCUT2D eigenvalue weighted by Crippen LogP contribution is 2.29. The Morgan fingerprint density at radius 2 is 1.72 bits per heavy atom. The van der Waals surface area contributed by atoms with Gasteiger partial charge in [-0.2, -0.15) is 5.10 Å². The third-order valence-corrected chi connectivity index (χ3v) is 8.83. The summed E-state index contributed by atoms with van der Waals surface area (Å²) >= 11 is 6.20. The number of hydrogen-bond donors (Lipinski definition) is 3. The molecule has 1 aromatic heterocycles. The van der Waals surface area contributed by atoms with Gasteiger partial charge in [-0.3, -0.25) is 4.79 Å². The topological polar surface area (TPSA) is 150 Å². The number of rotatable bonds is 14. The Bertz CT molecular complexity index is 1950. The number of nitrogens with one attached hydrogen (secondary N) is 3. The third-order valence-electron chi connectivity index (χ3n) is 7.03. The lowest BCUT2D eigenvalue weighted by molar-refractivity contribution is -0.115. The van der Waals surface area contributed by atoms with E-state index in [2.05, 4.69) is 20.5 Å². The maximum absolute atomic E-state index is 14.8. The second-order valence-corrected chi connectivity index (χ2v) is 14.4.